The zero-order valence-corrected chi connectivity index (χ0v) is 14.3. The topological polar surface area (TPSA) is 28.2 Å². The summed E-state index contributed by atoms with van der Waals surface area (Å²) in [7, 11) is 2.06. The predicted molar refractivity (Wildman–Crippen MR) is 85.1 cm³/mol. The van der Waals surface area contributed by atoms with Crippen molar-refractivity contribution in [2.24, 2.45) is 0 Å². The fourth-order valence-electron chi connectivity index (χ4n) is 2.77. The molecule has 4 heteroatoms. The zero-order chi connectivity index (χ0) is 14.6. The first-order valence-electron chi connectivity index (χ1n) is 7.21. The SMILES string of the molecule is CCN(CC)C(C)(C)C(Cc1nc(C)c(C)s1)NC. The van der Waals surface area contributed by atoms with Crippen LogP contribution in [0.3, 0.4) is 0 Å². The summed E-state index contributed by atoms with van der Waals surface area (Å²) < 4.78 is 0. The van der Waals surface area contributed by atoms with Crippen molar-refractivity contribution in [3.05, 3.63) is 15.6 Å². The molecule has 1 aromatic rings. The quantitative estimate of drug-likeness (QED) is 0.834. The van der Waals surface area contributed by atoms with Gasteiger partial charge >= 0.3 is 0 Å². The molecule has 19 heavy (non-hydrogen) atoms. The van der Waals surface area contributed by atoms with Gasteiger partial charge in [-0.2, -0.15) is 0 Å². The fourth-order valence-corrected chi connectivity index (χ4v) is 3.74. The van der Waals surface area contributed by atoms with Crippen LogP contribution in [0.25, 0.3) is 0 Å². The molecular formula is C15H29N3S. The van der Waals surface area contributed by atoms with E-state index < -0.39 is 0 Å². The highest BCUT2D eigenvalue weighted by atomic mass is 32.1. The Morgan fingerprint density at radius 2 is 1.84 bits per heavy atom. The zero-order valence-electron chi connectivity index (χ0n) is 13.5. The average molecular weight is 283 g/mol. The van der Waals surface area contributed by atoms with Gasteiger partial charge in [-0.05, 0) is 47.8 Å². The molecule has 0 aliphatic heterocycles. The number of aryl methyl sites for hydroxylation is 2. The molecule has 0 amide bonds. The Bertz CT molecular complexity index is 375. The highest BCUT2D eigenvalue weighted by Gasteiger charge is 2.33. The second-order valence-electron chi connectivity index (χ2n) is 5.62. The standard InChI is InChI=1S/C15H29N3S/c1-8-18(9-2)15(5,6)13(16-7)10-14-17-11(3)12(4)19-14/h13,16H,8-10H2,1-7H3. The maximum absolute atomic E-state index is 4.68. The number of likely N-dealkylation sites (N-methyl/N-ethyl adjacent to an activating group) is 2. The summed E-state index contributed by atoms with van der Waals surface area (Å²) in [5, 5.41) is 4.74. The van der Waals surface area contributed by atoms with Crippen LogP contribution in [-0.4, -0.2) is 41.6 Å². The number of hydrogen-bond acceptors (Lipinski definition) is 4. The Hall–Kier alpha value is -0.450. The van der Waals surface area contributed by atoms with Crippen LogP contribution in [0.2, 0.25) is 0 Å². The van der Waals surface area contributed by atoms with Crippen molar-refractivity contribution in [1.29, 1.82) is 0 Å². The Morgan fingerprint density at radius 1 is 1.26 bits per heavy atom. The van der Waals surface area contributed by atoms with E-state index in [1.54, 1.807) is 0 Å². The van der Waals surface area contributed by atoms with Crippen LogP contribution >= 0.6 is 11.3 Å². The molecule has 110 valence electrons. The van der Waals surface area contributed by atoms with Gasteiger partial charge in [-0.15, -0.1) is 11.3 Å². The van der Waals surface area contributed by atoms with Gasteiger partial charge in [0.15, 0.2) is 0 Å². The van der Waals surface area contributed by atoms with Crippen LogP contribution in [0.5, 0.6) is 0 Å². The highest BCUT2D eigenvalue weighted by Crippen LogP contribution is 2.24. The molecule has 0 aliphatic rings. The van der Waals surface area contributed by atoms with Crippen molar-refractivity contribution < 1.29 is 0 Å². The van der Waals surface area contributed by atoms with Gasteiger partial charge in [0.2, 0.25) is 0 Å². The summed E-state index contributed by atoms with van der Waals surface area (Å²) in [5.41, 5.74) is 1.31. The van der Waals surface area contributed by atoms with E-state index in [1.165, 1.54) is 15.6 Å². The van der Waals surface area contributed by atoms with Gasteiger partial charge in [0.1, 0.15) is 0 Å². The minimum atomic E-state index is 0.131. The molecule has 1 atom stereocenters. The third kappa shape index (κ3) is 3.77. The first-order valence-corrected chi connectivity index (χ1v) is 8.03. The molecule has 1 aromatic heterocycles. The minimum absolute atomic E-state index is 0.131. The lowest BCUT2D eigenvalue weighted by molar-refractivity contribution is 0.0943. The van der Waals surface area contributed by atoms with E-state index in [4.69, 9.17) is 0 Å². The fraction of sp³-hybridized carbons (Fsp3) is 0.800. The molecule has 0 radical (unpaired) electrons. The summed E-state index contributed by atoms with van der Waals surface area (Å²) >= 11 is 1.83. The molecular weight excluding hydrogens is 254 g/mol. The molecule has 1 unspecified atom stereocenters. The maximum Gasteiger partial charge on any atom is 0.0947 e. The van der Waals surface area contributed by atoms with Crippen LogP contribution in [0, 0.1) is 13.8 Å². The first kappa shape index (κ1) is 16.6. The lowest BCUT2D eigenvalue weighted by Gasteiger charge is -2.43. The molecule has 1 heterocycles. The van der Waals surface area contributed by atoms with Crippen molar-refractivity contribution in [2.75, 3.05) is 20.1 Å². The Morgan fingerprint density at radius 3 is 2.21 bits per heavy atom. The molecule has 1 N–H and O–H groups in total. The Balaban J connectivity index is 2.87. The summed E-state index contributed by atoms with van der Waals surface area (Å²) in [6.07, 6.45) is 0.999. The maximum atomic E-state index is 4.68. The lowest BCUT2D eigenvalue weighted by Crippen LogP contribution is -2.57. The normalized spacial score (nSPS) is 14.1. The molecule has 0 bridgehead atoms. The molecule has 0 saturated heterocycles. The van der Waals surface area contributed by atoms with E-state index in [9.17, 15) is 0 Å². The van der Waals surface area contributed by atoms with Crippen molar-refractivity contribution in [2.45, 2.75) is 59.5 Å². The smallest absolute Gasteiger partial charge is 0.0947 e. The van der Waals surface area contributed by atoms with Gasteiger partial charge in [-0.25, -0.2) is 4.98 Å². The third-order valence-electron chi connectivity index (χ3n) is 4.23. The van der Waals surface area contributed by atoms with E-state index in [-0.39, 0.29) is 5.54 Å². The average Bonchev–Trinajstić information content (AvgIpc) is 2.66. The van der Waals surface area contributed by atoms with Crippen LogP contribution in [-0.2, 0) is 6.42 Å². The van der Waals surface area contributed by atoms with Crippen LogP contribution < -0.4 is 5.32 Å². The molecule has 0 aromatic carbocycles. The summed E-state index contributed by atoms with van der Waals surface area (Å²) in [6, 6.07) is 0.414. The molecule has 0 aliphatic carbocycles. The largest absolute Gasteiger partial charge is 0.315 e. The number of nitrogens with one attached hydrogen (secondary N) is 1. The van der Waals surface area contributed by atoms with Crippen LogP contribution in [0.1, 0.15) is 43.3 Å². The van der Waals surface area contributed by atoms with Crippen LogP contribution in [0.15, 0.2) is 0 Å². The van der Waals surface area contributed by atoms with Gasteiger partial charge < -0.3 is 5.32 Å². The van der Waals surface area contributed by atoms with Crippen molar-refractivity contribution in [3.8, 4) is 0 Å². The number of rotatable bonds is 7. The van der Waals surface area contributed by atoms with E-state index >= 15 is 0 Å². The van der Waals surface area contributed by atoms with Crippen molar-refractivity contribution in [1.82, 2.24) is 15.2 Å². The third-order valence-corrected chi connectivity index (χ3v) is 5.33. The van der Waals surface area contributed by atoms with E-state index in [2.05, 4.69) is 63.8 Å². The molecule has 1 rings (SSSR count). The number of thiazole rings is 1. The van der Waals surface area contributed by atoms with E-state index in [0.29, 0.717) is 6.04 Å². The van der Waals surface area contributed by atoms with Gasteiger partial charge in [-0.3, -0.25) is 4.90 Å². The molecule has 0 saturated carbocycles. The number of nitrogens with zero attached hydrogens (tertiary/aromatic N) is 2. The minimum Gasteiger partial charge on any atom is -0.315 e. The summed E-state index contributed by atoms with van der Waals surface area (Å²) in [5.74, 6) is 0. The van der Waals surface area contributed by atoms with Gasteiger partial charge in [0, 0.05) is 22.9 Å². The summed E-state index contributed by atoms with van der Waals surface area (Å²) in [4.78, 5) is 8.54. The van der Waals surface area contributed by atoms with Crippen molar-refractivity contribution >= 4 is 11.3 Å². The Kier molecular flexibility index (Phi) is 5.96. The number of aromatic nitrogens is 1. The van der Waals surface area contributed by atoms with E-state index in [1.807, 2.05) is 11.3 Å². The second-order valence-corrected chi connectivity index (χ2v) is 6.91. The van der Waals surface area contributed by atoms with E-state index in [0.717, 1.165) is 19.5 Å². The van der Waals surface area contributed by atoms with Gasteiger partial charge in [0.05, 0.1) is 10.7 Å². The molecule has 3 nitrogen and oxygen atoms in total. The van der Waals surface area contributed by atoms with Gasteiger partial charge in [0.25, 0.3) is 0 Å². The van der Waals surface area contributed by atoms with Gasteiger partial charge in [-0.1, -0.05) is 13.8 Å². The van der Waals surface area contributed by atoms with Crippen LogP contribution in [0.4, 0.5) is 0 Å². The number of hydrogen-bond donors (Lipinski definition) is 1. The van der Waals surface area contributed by atoms with Crippen molar-refractivity contribution in [3.63, 3.8) is 0 Å². The molecule has 0 fully saturated rings. The molecule has 0 spiro atoms. The predicted octanol–water partition coefficient (Wildman–Crippen LogP) is 3.01. The monoisotopic (exact) mass is 283 g/mol. The lowest BCUT2D eigenvalue weighted by atomic mass is 9.90. The first-order chi connectivity index (χ1) is 8.86. The summed E-state index contributed by atoms with van der Waals surface area (Å²) in [6.45, 7) is 15.5. The second kappa shape index (κ2) is 6.82. The highest BCUT2D eigenvalue weighted by molar-refractivity contribution is 7.11. The Labute approximate surface area is 122 Å².